The summed E-state index contributed by atoms with van der Waals surface area (Å²) in [5, 5.41) is 4.23. The van der Waals surface area contributed by atoms with Gasteiger partial charge in [-0.25, -0.2) is 15.0 Å². The van der Waals surface area contributed by atoms with Crippen molar-refractivity contribution in [3.63, 3.8) is 0 Å². The zero-order valence-corrected chi connectivity index (χ0v) is 10.7. The van der Waals surface area contributed by atoms with Crippen molar-refractivity contribution >= 4 is 16.7 Å². The molecule has 3 aromatic rings. The molecule has 4 nitrogen and oxygen atoms in total. The van der Waals surface area contributed by atoms with Crippen LogP contribution >= 0.6 is 0 Å². The molecule has 94 valence electrons. The van der Waals surface area contributed by atoms with Crippen molar-refractivity contribution in [2.45, 2.75) is 6.92 Å². The molecule has 0 saturated carbocycles. The Kier molecular flexibility index (Phi) is 3.06. The summed E-state index contributed by atoms with van der Waals surface area (Å²) in [7, 11) is 0. The van der Waals surface area contributed by atoms with E-state index in [1.807, 2.05) is 12.1 Å². The molecule has 2 aromatic heterocycles. The molecule has 0 atom stereocenters. The van der Waals surface area contributed by atoms with Gasteiger partial charge in [0.2, 0.25) is 0 Å². The SMILES string of the molecule is CCNc1ccc(-c2ccc3cncnc3n2)cc1. The van der Waals surface area contributed by atoms with Crippen molar-refractivity contribution in [1.82, 2.24) is 15.0 Å². The lowest BCUT2D eigenvalue weighted by Crippen LogP contribution is -1.95. The normalized spacial score (nSPS) is 10.6. The van der Waals surface area contributed by atoms with Crippen molar-refractivity contribution in [1.29, 1.82) is 0 Å². The minimum atomic E-state index is 0.725. The molecule has 0 aliphatic heterocycles. The van der Waals surface area contributed by atoms with Crippen LogP contribution in [-0.2, 0) is 0 Å². The molecule has 0 spiro atoms. The van der Waals surface area contributed by atoms with Gasteiger partial charge in [0.15, 0.2) is 5.65 Å². The first-order chi connectivity index (χ1) is 9.36. The third-order valence-electron chi connectivity index (χ3n) is 2.93. The van der Waals surface area contributed by atoms with Crippen LogP contribution in [0.4, 0.5) is 5.69 Å². The molecule has 2 heterocycles. The summed E-state index contributed by atoms with van der Waals surface area (Å²) in [6, 6.07) is 12.2. The van der Waals surface area contributed by atoms with Crippen LogP contribution in [0.1, 0.15) is 6.92 Å². The van der Waals surface area contributed by atoms with Crippen LogP contribution in [0.3, 0.4) is 0 Å². The van der Waals surface area contributed by atoms with Crippen molar-refractivity contribution in [3.05, 3.63) is 48.9 Å². The standard InChI is InChI=1S/C15H14N4/c1-2-17-13-6-3-11(4-7-13)14-8-5-12-9-16-10-18-15(12)19-14/h3-10,17H,2H2,1H3. The van der Waals surface area contributed by atoms with Crippen LogP contribution in [0.15, 0.2) is 48.9 Å². The van der Waals surface area contributed by atoms with Gasteiger partial charge in [-0.15, -0.1) is 0 Å². The fraction of sp³-hybridized carbons (Fsp3) is 0.133. The zero-order chi connectivity index (χ0) is 13.1. The van der Waals surface area contributed by atoms with Crippen LogP contribution < -0.4 is 5.32 Å². The number of fused-ring (bicyclic) bond motifs is 1. The average Bonchev–Trinajstić information content (AvgIpc) is 2.48. The van der Waals surface area contributed by atoms with Gasteiger partial charge in [0.25, 0.3) is 0 Å². The maximum absolute atomic E-state index is 4.55. The van der Waals surface area contributed by atoms with Crippen LogP contribution in [-0.4, -0.2) is 21.5 Å². The van der Waals surface area contributed by atoms with Crippen LogP contribution in [0, 0.1) is 0 Å². The molecule has 1 aromatic carbocycles. The largest absolute Gasteiger partial charge is 0.385 e. The fourth-order valence-electron chi connectivity index (χ4n) is 1.99. The molecule has 0 bridgehead atoms. The first kappa shape index (κ1) is 11.6. The molecule has 0 aliphatic rings. The van der Waals surface area contributed by atoms with E-state index in [1.165, 1.54) is 6.33 Å². The van der Waals surface area contributed by atoms with Gasteiger partial charge in [-0.3, -0.25) is 0 Å². The smallest absolute Gasteiger partial charge is 0.163 e. The maximum atomic E-state index is 4.55. The maximum Gasteiger partial charge on any atom is 0.163 e. The number of hydrogen-bond acceptors (Lipinski definition) is 4. The highest BCUT2D eigenvalue weighted by Gasteiger charge is 2.02. The molecule has 1 N–H and O–H groups in total. The van der Waals surface area contributed by atoms with E-state index in [2.05, 4.69) is 51.5 Å². The number of rotatable bonds is 3. The molecule has 0 unspecified atom stereocenters. The Morgan fingerprint density at radius 1 is 1.05 bits per heavy atom. The van der Waals surface area contributed by atoms with E-state index in [0.29, 0.717) is 0 Å². The highest BCUT2D eigenvalue weighted by molar-refractivity contribution is 5.77. The highest BCUT2D eigenvalue weighted by Crippen LogP contribution is 2.21. The number of hydrogen-bond donors (Lipinski definition) is 1. The first-order valence-electron chi connectivity index (χ1n) is 6.28. The Morgan fingerprint density at radius 2 is 1.89 bits per heavy atom. The van der Waals surface area contributed by atoms with Gasteiger partial charge >= 0.3 is 0 Å². The van der Waals surface area contributed by atoms with Crippen LogP contribution in [0.2, 0.25) is 0 Å². The van der Waals surface area contributed by atoms with Crippen molar-refractivity contribution in [2.24, 2.45) is 0 Å². The summed E-state index contributed by atoms with van der Waals surface area (Å²) in [4.78, 5) is 12.7. The van der Waals surface area contributed by atoms with Gasteiger partial charge in [0, 0.05) is 29.4 Å². The molecule has 3 rings (SSSR count). The van der Waals surface area contributed by atoms with Crippen molar-refractivity contribution in [2.75, 3.05) is 11.9 Å². The molecule has 0 radical (unpaired) electrons. The van der Waals surface area contributed by atoms with Gasteiger partial charge < -0.3 is 5.32 Å². The van der Waals surface area contributed by atoms with E-state index in [9.17, 15) is 0 Å². The first-order valence-corrected chi connectivity index (χ1v) is 6.28. The summed E-state index contributed by atoms with van der Waals surface area (Å²) in [6.07, 6.45) is 3.29. The monoisotopic (exact) mass is 250 g/mol. The van der Waals surface area contributed by atoms with Gasteiger partial charge in [0.05, 0.1) is 5.69 Å². The van der Waals surface area contributed by atoms with Crippen LogP contribution in [0.5, 0.6) is 0 Å². The molecule has 0 aliphatic carbocycles. The number of pyridine rings is 1. The third-order valence-corrected chi connectivity index (χ3v) is 2.93. The van der Waals surface area contributed by atoms with Gasteiger partial charge in [0.1, 0.15) is 6.33 Å². The molecular formula is C15H14N4. The highest BCUT2D eigenvalue weighted by atomic mass is 14.9. The second-order valence-corrected chi connectivity index (χ2v) is 4.24. The van der Waals surface area contributed by atoms with E-state index in [4.69, 9.17) is 0 Å². The Bertz CT molecular complexity index is 692. The molecule has 0 fully saturated rings. The molecule has 4 heteroatoms. The van der Waals surface area contributed by atoms with Crippen LogP contribution in [0.25, 0.3) is 22.3 Å². The lowest BCUT2D eigenvalue weighted by Gasteiger charge is -2.05. The topological polar surface area (TPSA) is 50.7 Å². The molecular weight excluding hydrogens is 236 g/mol. The number of benzene rings is 1. The van der Waals surface area contributed by atoms with Crippen molar-refractivity contribution in [3.8, 4) is 11.3 Å². The Balaban J connectivity index is 1.99. The van der Waals surface area contributed by atoms with E-state index in [-0.39, 0.29) is 0 Å². The summed E-state index contributed by atoms with van der Waals surface area (Å²) in [5.74, 6) is 0. The van der Waals surface area contributed by atoms with Gasteiger partial charge in [-0.1, -0.05) is 12.1 Å². The molecule has 0 amide bonds. The minimum Gasteiger partial charge on any atom is -0.385 e. The number of nitrogens with one attached hydrogen (secondary N) is 1. The lowest BCUT2D eigenvalue weighted by atomic mass is 10.1. The quantitative estimate of drug-likeness (QED) is 0.776. The van der Waals surface area contributed by atoms with Crippen molar-refractivity contribution < 1.29 is 0 Å². The second kappa shape index (κ2) is 5.02. The number of anilines is 1. The van der Waals surface area contributed by atoms with E-state index in [1.54, 1.807) is 6.20 Å². The predicted octanol–water partition coefficient (Wildman–Crippen LogP) is 3.12. The lowest BCUT2D eigenvalue weighted by molar-refractivity contribution is 1.18. The zero-order valence-electron chi connectivity index (χ0n) is 10.7. The Morgan fingerprint density at radius 3 is 2.68 bits per heavy atom. The number of nitrogens with zero attached hydrogens (tertiary/aromatic N) is 3. The Labute approximate surface area is 111 Å². The average molecular weight is 250 g/mol. The summed E-state index contributed by atoms with van der Waals surface area (Å²) >= 11 is 0. The minimum absolute atomic E-state index is 0.725. The van der Waals surface area contributed by atoms with E-state index >= 15 is 0 Å². The summed E-state index contributed by atoms with van der Waals surface area (Å²) in [5.41, 5.74) is 3.86. The van der Waals surface area contributed by atoms with E-state index < -0.39 is 0 Å². The van der Waals surface area contributed by atoms with Gasteiger partial charge in [-0.2, -0.15) is 0 Å². The summed E-state index contributed by atoms with van der Waals surface area (Å²) in [6.45, 7) is 3.00. The fourth-order valence-corrected chi connectivity index (χ4v) is 1.99. The predicted molar refractivity (Wildman–Crippen MR) is 76.9 cm³/mol. The van der Waals surface area contributed by atoms with Gasteiger partial charge in [-0.05, 0) is 31.2 Å². The summed E-state index contributed by atoms with van der Waals surface area (Å²) < 4.78 is 0. The Hall–Kier alpha value is -2.49. The molecule has 19 heavy (non-hydrogen) atoms. The van der Waals surface area contributed by atoms with E-state index in [0.717, 1.165) is 34.5 Å². The number of aromatic nitrogens is 3. The second-order valence-electron chi connectivity index (χ2n) is 4.24. The molecule has 0 saturated heterocycles. The third kappa shape index (κ3) is 2.38.